The van der Waals surface area contributed by atoms with Crippen LogP contribution in [0.2, 0.25) is 0 Å². The largest absolute Gasteiger partial charge is 0.461 e. The van der Waals surface area contributed by atoms with Crippen LogP contribution in [0.5, 0.6) is 0 Å². The van der Waals surface area contributed by atoms with Crippen LogP contribution in [0, 0.1) is 17.3 Å². The molecule has 2 atom stereocenters. The van der Waals surface area contributed by atoms with E-state index in [9.17, 15) is 4.79 Å². The van der Waals surface area contributed by atoms with Crippen molar-refractivity contribution in [1.29, 1.82) is 0 Å². The van der Waals surface area contributed by atoms with E-state index in [1.807, 2.05) is 13.8 Å². The molecule has 98 valence electrons. The number of hydrogen-bond acceptors (Lipinski definition) is 2. The highest BCUT2D eigenvalue weighted by molar-refractivity contribution is 5.72. The highest BCUT2D eigenvalue weighted by atomic mass is 16.5. The third kappa shape index (κ3) is 4.18. The summed E-state index contributed by atoms with van der Waals surface area (Å²) < 4.78 is 5.37. The molecule has 0 amide bonds. The zero-order valence-electron chi connectivity index (χ0n) is 11.9. The quantitative estimate of drug-likeness (QED) is 0.547. The molecule has 0 aromatic rings. The summed E-state index contributed by atoms with van der Waals surface area (Å²) in [6.07, 6.45) is 5.38. The monoisotopic (exact) mass is 238 g/mol. The molecule has 1 rings (SSSR count). The van der Waals surface area contributed by atoms with E-state index in [-0.39, 0.29) is 11.9 Å². The van der Waals surface area contributed by atoms with Crippen LogP contribution in [0.4, 0.5) is 0 Å². The number of hydrogen-bond donors (Lipinski definition) is 0. The molecule has 0 aliphatic heterocycles. The van der Waals surface area contributed by atoms with Crippen LogP contribution < -0.4 is 0 Å². The maximum atomic E-state index is 11.6. The standard InChI is InChI=1S/C15H26O2/c1-6-11(2)14(16)17-10-13-7-8-15(4,5)9-12(13)3/h7,11-12H,6,8-10H2,1-5H3. The molecular formula is C15H26O2. The van der Waals surface area contributed by atoms with E-state index in [2.05, 4.69) is 26.8 Å². The van der Waals surface area contributed by atoms with Gasteiger partial charge in [0.25, 0.3) is 0 Å². The Hall–Kier alpha value is -0.790. The lowest BCUT2D eigenvalue weighted by Gasteiger charge is -2.33. The van der Waals surface area contributed by atoms with Gasteiger partial charge in [0.15, 0.2) is 0 Å². The normalized spacial score (nSPS) is 25.0. The second-order valence-electron chi connectivity index (χ2n) is 6.17. The Bertz CT molecular complexity index is 302. The molecule has 0 aromatic heterocycles. The number of carbonyl (C=O) groups excluding carboxylic acids is 1. The first-order valence-corrected chi connectivity index (χ1v) is 6.71. The van der Waals surface area contributed by atoms with Crippen molar-refractivity contribution in [2.45, 2.75) is 53.9 Å². The van der Waals surface area contributed by atoms with Crippen LogP contribution >= 0.6 is 0 Å². The second kappa shape index (κ2) is 5.70. The third-order valence-corrected chi connectivity index (χ3v) is 3.80. The van der Waals surface area contributed by atoms with E-state index in [1.54, 1.807) is 0 Å². The molecule has 1 aliphatic carbocycles. The maximum Gasteiger partial charge on any atom is 0.308 e. The van der Waals surface area contributed by atoms with Crippen LogP contribution in [0.25, 0.3) is 0 Å². The zero-order chi connectivity index (χ0) is 13.1. The summed E-state index contributed by atoms with van der Waals surface area (Å²) in [5.41, 5.74) is 1.69. The van der Waals surface area contributed by atoms with Gasteiger partial charge < -0.3 is 4.74 Å². The Morgan fingerprint density at radius 2 is 2.24 bits per heavy atom. The van der Waals surface area contributed by atoms with Gasteiger partial charge in [-0.2, -0.15) is 0 Å². The first-order valence-electron chi connectivity index (χ1n) is 6.71. The number of esters is 1. The van der Waals surface area contributed by atoms with Crippen molar-refractivity contribution < 1.29 is 9.53 Å². The fraction of sp³-hybridized carbons (Fsp3) is 0.800. The van der Waals surface area contributed by atoms with Gasteiger partial charge in [-0.25, -0.2) is 0 Å². The third-order valence-electron chi connectivity index (χ3n) is 3.80. The van der Waals surface area contributed by atoms with E-state index in [0.29, 0.717) is 17.9 Å². The number of rotatable bonds is 4. The summed E-state index contributed by atoms with van der Waals surface area (Å²) in [7, 11) is 0. The summed E-state index contributed by atoms with van der Waals surface area (Å²) in [5, 5.41) is 0. The second-order valence-corrected chi connectivity index (χ2v) is 6.17. The van der Waals surface area contributed by atoms with Crippen molar-refractivity contribution in [2.24, 2.45) is 17.3 Å². The molecule has 1 aliphatic rings. The van der Waals surface area contributed by atoms with Crippen LogP contribution in [0.1, 0.15) is 53.9 Å². The average molecular weight is 238 g/mol. The molecule has 0 spiro atoms. The first kappa shape index (κ1) is 14.3. The molecular weight excluding hydrogens is 212 g/mol. The predicted octanol–water partition coefficient (Wildman–Crippen LogP) is 3.96. The summed E-state index contributed by atoms with van der Waals surface area (Å²) >= 11 is 0. The highest BCUT2D eigenvalue weighted by Gasteiger charge is 2.27. The summed E-state index contributed by atoms with van der Waals surface area (Å²) in [6.45, 7) is 11.2. The molecule has 0 heterocycles. The van der Waals surface area contributed by atoms with Crippen molar-refractivity contribution in [3.63, 3.8) is 0 Å². The Morgan fingerprint density at radius 1 is 1.59 bits per heavy atom. The molecule has 0 fully saturated rings. The smallest absolute Gasteiger partial charge is 0.308 e. The SMILES string of the molecule is CCC(C)C(=O)OCC1=CCC(C)(C)CC1C. The van der Waals surface area contributed by atoms with E-state index in [1.165, 1.54) is 12.0 Å². The minimum atomic E-state index is -0.0644. The number of ether oxygens (including phenoxy) is 1. The van der Waals surface area contributed by atoms with Gasteiger partial charge in [0, 0.05) is 0 Å². The fourth-order valence-corrected chi connectivity index (χ4v) is 2.32. The summed E-state index contributed by atoms with van der Waals surface area (Å²) in [4.78, 5) is 11.6. The maximum absolute atomic E-state index is 11.6. The Balaban J connectivity index is 2.48. The number of carbonyl (C=O) groups is 1. The molecule has 2 nitrogen and oxygen atoms in total. The first-order chi connectivity index (χ1) is 7.85. The molecule has 0 saturated heterocycles. The molecule has 17 heavy (non-hydrogen) atoms. The predicted molar refractivity (Wildman–Crippen MR) is 70.7 cm³/mol. The Labute approximate surface area is 105 Å². The van der Waals surface area contributed by atoms with Gasteiger partial charge in [-0.15, -0.1) is 0 Å². The number of allylic oxidation sites excluding steroid dienone is 1. The lowest BCUT2D eigenvalue weighted by atomic mass is 9.73. The van der Waals surface area contributed by atoms with E-state index in [4.69, 9.17) is 4.74 Å². The lowest BCUT2D eigenvalue weighted by Crippen LogP contribution is -2.24. The molecule has 0 aromatic carbocycles. The molecule has 2 heteroatoms. The summed E-state index contributed by atoms with van der Waals surface area (Å²) in [6, 6.07) is 0. The Morgan fingerprint density at radius 3 is 2.76 bits per heavy atom. The zero-order valence-corrected chi connectivity index (χ0v) is 11.9. The molecule has 0 bridgehead atoms. The molecule has 2 unspecified atom stereocenters. The van der Waals surface area contributed by atoms with Crippen LogP contribution in [0.15, 0.2) is 11.6 Å². The average Bonchev–Trinajstić information content (AvgIpc) is 2.25. The minimum Gasteiger partial charge on any atom is -0.461 e. The molecule has 0 N–H and O–H groups in total. The minimum absolute atomic E-state index is 0.0194. The fourth-order valence-electron chi connectivity index (χ4n) is 2.32. The topological polar surface area (TPSA) is 26.3 Å². The van der Waals surface area contributed by atoms with Crippen LogP contribution in [0.3, 0.4) is 0 Å². The van der Waals surface area contributed by atoms with Crippen molar-refractivity contribution in [1.82, 2.24) is 0 Å². The van der Waals surface area contributed by atoms with Gasteiger partial charge in [-0.3, -0.25) is 4.79 Å². The van der Waals surface area contributed by atoms with E-state index < -0.39 is 0 Å². The van der Waals surface area contributed by atoms with Crippen molar-refractivity contribution >= 4 is 5.97 Å². The van der Waals surface area contributed by atoms with Gasteiger partial charge in [-0.1, -0.05) is 40.7 Å². The van der Waals surface area contributed by atoms with E-state index in [0.717, 1.165) is 12.8 Å². The van der Waals surface area contributed by atoms with E-state index >= 15 is 0 Å². The van der Waals surface area contributed by atoms with Crippen molar-refractivity contribution in [3.05, 3.63) is 11.6 Å². The molecule has 0 radical (unpaired) electrons. The molecule has 0 saturated carbocycles. The van der Waals surface area contributed by atoms with Crippen molar-refractivity contribution in [2.75, 3.05) is 6.61 Å². The van der Waals surface area contributed by atoms with Gasteiger partial charge >= 0.3 is 5.97 Å². The van der Waals surface area contributed by atoms with Crippen molar-refractivity contribution in [3.8, 4) is 0 Å². The Kier molecular flexibility index (Phi) is 4.79. The van der Waals surface area contributed by atoms with Gasteiger partial charge in [-0.05, 0) is 36.2 Å². The lowest BCUT2D eigenvalue weighted by molar-refractivity contribution is -0.147. The van der Waals surface area contributed by atoms with Crippen LogP contribution in [-0.2, 0) is 9.53 Å². The summed E-state index contributed by atoms with van der Waals surface area (Å²) in [5.74, 6) is 0.486. The van der Waals surface area contributed by atoms with Gasteiger partial charge in [0.05, 0.1) is 5.92 Å². The van der Waals surface area contributed by atoms with Gasteiger partial charge in [0.2, 0.25) is 0 Å². The van der Waals surface area contributed by atoms with Crippen LogP contribution in [-0.4, -0.2) is 12.6 Å². The highest BCUT2D eigenvalue weighted by Crippen LogP contribution is 2.37. The van der Waals surface area contributed by atoms with Gasteiger partial charge in [0.1, 0.15) is 6.61 Å².